The van der Waals surface area contributed by atoms with Crippen LogP contribution in [0, 0.1) is 0 Å². The molecule has 1 aliphatic carbocycles. The summed E-state index contributed by atoms with van der Waals surface area (Å²) in [6, 6.07) is 0.715. The number of aliphatic imine (C=N–C) groups is 1. The molecule has 0 aromatic carbocycles. The molecule has 0 saturated carbocycles. The Morgan fingerprint density at radius 3 is 1.62 bits per heavy atom. The minimum Gasteiger partial charge on any atom is -0.379 e. The van der Waals surface area contributed by atoms with Crippen LogP contribution in [0.25, 0.3) is 0 Å². The van der Waals surface area contributed by atoms with Crippen LogP contribution in [-0.4, -0.2) is 111 Å². The van der Waals surface area contributed by atoms with Gasteiger partial charge in [0.1, 0.15) is 0 Å². The van der Waals surface area contributed by atoms with Crippen LogP contribution >= 0.6 is 35.3 Å². The second kappa shape index (κ2) is 40.9. The van der Waals surface area contributed by atoms with E-state index < -0.39 is 0 Å². The Morgan fingerprint density at radius 1 is 0.423 bits per heavy atom. The molecule has 0 bridgehead atoms. The van der Waals surface area contributed by atoms with Crippen molar-refractivity contribution in [3.63, 3.8) is 0 Å². The summed E-state index contributed by atoms with van der Waals surface area (Å²) in [7, 11) is 0. The van der Waals surface area contributed by atoms with Crippen LogP contribution in [-0.2, 0) is 14.2 Å². The molecule has 8 heteroatoms. The molecule has 0 spiro atoms. The quantitative estimate of drug-likeness (QED) is 0.245. The van der Waals surface area contributed by atoms with Crippen molar-refractivity contribution in [3.05, 3.63) is 12.2 Å². The maximum atomic E-state index is 6.25. The zero-order valence-electron chi connectivity index (χ0n) is 33.9. The molecule has 0 amide bonds. The first-order chi connectivity index (χ1) is 26.0. The van der Waals surface area contributed by atoms with Crippen LogP contribution in [0.2, 0.25) is 0 Å². The summed E-state index contributed by atoms with van der Waals surface area (Å²) in [6.45, 7) is 7.64. The molecule has 0 fully saturated rings. The maximum Gasteiger partial charge on any atom is 0.0815 e. The molecule has 0 aromatic heterocycles. The number of ether oxygens (including phenoxy) is 3. The molecule has 1 heterocycles. The van der Waals surface area contributed by atoms with Crippen molar-refractivity contribution in [2.24, 2.45) is 4.99 Å². The van der Waals surface area contributed by atoms with Crippen molar-refractivity contribution < 1.29 is 14.2 Å². The number of thioether (sulfide) groups is 3. The molecule has 52 heavy (non-hydrogen) atoms. The van der Waals surface area contributed by atoms with Gasteiger partial charge in [-0.15, -0.1) is 0 Å². The lowest BCUT2D eigenvalue weighted by Crippen LogP contribution is -2.39. The Bertz CT molecular complexity index is 713. The molecule has 306 valence electrons. The van der Waals surface area contributed by atoms with E-state index in [1.54, 1.807) is 0 Å². The maximum absolute atomic E-state index is 6.25. The molecule has 1 aliphatic heterocycles. The Balaban J connectivity index is 1.86. The van der Waals surface area contributed by atoms with Crippen LogP contribution in [0.5, 0.6) is 0 Å². The smallest absolute Gasteiger partial charge is 0.0815 e. The lowest BCUT2D eigenvalue weighted by atomic mass is 9.98. The average molecular weight is 785 g/mol. The van der Waals surface area contributed by atoms with E-state index in [1.165, 1.54) is 184 Å². The highest BCUT2D eigenvalue weighted by Gasteiger charge is 2.18. The van der Waals surface area contributed by atoms with Crippen molar-refractivity contribution in [2.75, 3.05) is 93.8 Å². The van der Waals surface area contributed by atoms with Crippen LogP contribution < -0.4 is 0 Å². The molecule has 0 aromatic rings. The van der Waals surface area contributed by atoms with Gasteiger partial charge in [-0.2, -0.15) is 35.3 Å². The van der Waals surface area contributed by atoms with Crippen LogP contribution in [0.1, 0.15) is 161 Å². The monoisotopic (exact) mass is 785 g/mol. The molecule has 5 nitrogen and oxygen atoms in total. The molecule has 1 unspecified atom stereocenters. The minimum absolute atomic E-state index is 0.585. The molecule has 0 saturated heterocycles. The van der Waals surface area contributed by atoms with Gasteiger partial charge in [-0.25, -0.2) is 0 Å². The molecule has 0 radical (unpaired) electrons. The molecule has 0 N–H and O–H groups in total. The van der Waals surface area contributed by atoms with E-state index in [2.05, 4.69) is 45.6 Å². The largest absolute Gasteiger partial charge is 0.379 e. The Hall–Kier alpha value is 0.300. The summed E-state index contributed by atoms with van der Waals surface area (Å²) in [5.41, 5.74) is 0. The van der Waals surface area contributed by atoms with Gasteiger partial charge >= 0.3 is 0 Å². The van der Waals surface area contributed by atoms with E-state index in [0.29, 0.717) is 25.9 Å². The molecule has 2 aliphatic rings. The zero-order valence-corrected chi connectivity index (χ0v) is 36.4. The minimum atomic E-state index is 0.585. The van der Waals surface area contributed by atoms with Gasteiger partial charge in [-0.1, -0.05) is 121 Å². The summed E-state index contributed by atoms with van der Waals surface area (Å²) >= 11 is 6.24. The molecular formula is C44H84N2O3S3. The van der Waals surface area contributed by atoms with E-state index >= 15 is 0 Å². The Kier molecular flexibility index (Phi) is 38.2. The third-order valence-electron chi connectivity index (χ3n) is 10.4. The van der Waals surface area contributed by atoms with E-state index in [-0.39, 0.29) is 0 Å². The van der Waals surface area contributed by atoms with Gasteiger partial charge in [0.15, 0.2) is 0 Å². The summed E-state index contributed by atoms with van der Waals surface area (Å²) < 4.78 is 17.6. The standard InChI is InChI=1S/C44H84N2O3S3/c1-2-4-6-8-10-12-14-16-18-20-22-26-44(27-23-21-19-17-15-13-11-9-7-5-3-1)46-30-34-49-37-41-51-39-29-45-28-33-48-36-35-47-32-24-25-38-50-42-43-52-40-31-46/h6,8,28,44H,1-5,7,9-27,29-43H2. The normalized spacial score (nSPS) is 25.6. The Morgan fingerprint density at radius 2 is 0.962 bits per heavy atom. The van der Waals surface area contributed by atoms with Crippen molar-refractivity contribution in [2.45, 2.75) is 167 Å². The molecule has 1 atom stereocenters. The molecular weight excluding hydrogens is 701 g/mol. The highest BCUT2D eigenvalue weighted by atomic mass is 32.2. The summed E-state index contributed by atoms with van der Waals surface area (Å²) in [6.07, 6.45) is 41.6. The van der Waals surface area contributed by atoms with Crippen LogP contribution in [0.15, 0.2) is 17.1 Å². The van der Waals surface area contributed by atoms with Crippen molar-refractivity contribution in [1.29, 1.82) is 0 Å². The van der Waals surface area contributed by atoms with Crippen LogP contribution in [0.4, 0.5) is 0 Å². The fraction of sp³-hybridized carbons (Fsp3) is 0.932. The van der Waals surface area contributed by atoms with Gasteiger partial charge in [-0.3, -0.25) is 9.89 Å². The lowest BCUT2D eigenvalue weighted by molar-refractivity contribution is 0.0614. The SMILES string of the molecule is C1=CCCCCCCCCC(N2CCOCCSCCN=CCOCCOCCCCSCCSCC2)CCCCCCCCCCCCCCC1. The predicted octanol–water partition coefficient (Wildman–Crippen LogP) is 12.3. The van der Waals surface area contributed by atoms with Gasteiger partial charge in [0.2, 0.25) is 0 Å². The second-order valence-corrected chi connectivity index (χ2v) is 18.6. The summed E-state index contributed by atoms with van der Waals surface area (Å²) in [5.74, 6) is 7.13. The number of hydrogen-bond acceptors (Lipinski definition) is 8. The first-order valence-electron chi connectivity index (χ1n) is 22.3. The lowest BCUT2D eigenvalue weighted by Gasteiger charge is -2.32. The van der Waals surface area contributed by atoms with E-state index in [9.17, 15) is 0 Å². The third-order valence-corrected chi connectivity index (χ3v) is 13.6. The van der Waals surface area contributed by atoms with Gasteiger partial charge in [0.05, 0.1) is 33.0 Å². The van der Waals surface area contributed by atoms with E-state index in [1.807, 2.05) is 18.0 Å². The van der Waals surface area contributed by atoms with E-state index in [4.69, 9.17) is 14.2 Å². The summed E-state index contributed by atoms with van der Waals surface area (Å²) in [5, 5.41) is 0. The molecule has 2 rings (SSSR count). The van der Waals surface area contributed by atoms with Gasteiger partial charge in [0, 0.05) is 67.3 Å². The highest BCUT2D eigenvalue weighted by molar-refractivity contribution is 8.02. The first-order valence-corrected chi connectivity index (χ1v) is 25.8. The topological polar surface area (TPSA) is 43.3 Å². The predicted molar refractivity (Wildman–Crippen MR) is 238 cm³/mol. The van der Waals surface area contributed by atoms with Crippen LogP contribution in [0.3, 0.4) is 0 Å². The van der Waals surface area contributed by atoms with Gasteiger partial charge in [0.25, 0.3) is 0 Å². The van der Waals surface area contributed by atoms with Crippen molar-refractivity contribution in [3.8, 4) is 0 Å². The first kappa shape index (κ1) is 48.4. The number of rotatable bonds is 1. The highest BCUT2D eigenvalue weighted by Crippen LogP contribution is 2.21. The average Bonchev–Trinajstić information content (AvgIpc) is 3.15. The number of nitrogens with zero attached hydrogens (tertiary/aromatic N) is 2. The fourth-order valence-corrected chi connectivity index (χ4v) is 9.99. The Labute approximate surface area is 336 Å². The van der Waals surface area contributed by atoms with Gasteiger partial charge < -0.3 is 14.2 Å². The van der Waals surface area contributed by atoms with Crippen molar-refractivity contribution in [1.82, 2.24) is 4.90 Å². The number of hydrogen-bond donors (Lipinski definition) is 0. The fourth-order valence-electron chi connectivity index (χ4n) is 7.19. The summed E-state index contributed by atoms with van der Waals surface area (Å²) in [4.78, 5) is 7.36. The van der Waals surface area contributed by atoms with E-state index in [0.717, 1.165) is 50.8 Å². The van der Waals surface area contributed by atoms with Crippen molar-refractivity contribution >= 4 is 41.5 Å². The number of allylic oxidation sites excluding steroid dienone is 2. The second-order valence-electron chi connectivity index (χ2n) is 15.0. The third kappa shape index (κ3) is 33.6. The zero-order chi connectivity index (χ0) is 36.5. The van der Waals surface area contributed by atoms with Gasteiger partial charge in [-0.05, 0) is 57.1 Å².